The third-order valence-electron chi connectivity index (χ3n) is 4.15. The lowest BCUT2D eigenvalue weighted by Gasteiger charge is -2.14. The van der Waals surface area contributed by atoms with Crippen molar-refractivity contribution in [1.82, 2.24) is 0 Å². The molecule has 21 heavy (non-hydrogen) atoms. The second-order valence-corrected chi connectivity index (χ2v) is 7.77. The number of carbonyl (C=O) groups is 1. The highest BCUT2D eigenvalue weighted by Crippen LogP contribution is 2.62. The molecule has 0 radical (unpaired) electrons. The van der Waals surface area contributed by atoms with Gasteiger partial charge in [0.1, 0.15) is 5.41 Å². The van der Waals surface area contributed by atoms with Gasteiger partial charge in [0.15, 0.2) is 9.84 Å². The first-order valence-electron chi connectivity index (χ1n) is 6.91. The Kier molecular flexibility index (Phi) is 4.13. The Morgan fingerprint density at radius 2 is 1.90 bits per heavy atom. The number of sulfone groups is 1. The van der Waals surface area contributed by atoms with E-state index in [1.165, 1.54) is 0 Å². The monoisotopic (exact) mass is 311 g/mol. The van der Waals surface area contributed by atoms with Crippen molar-refractivity contribution in [2.45, 2.75) is 25.0 Å². The van der Waals surface area contributed by atoms with Gasteiger partial charge in [0.05, 0.1) is 11.9 Å². The zero-order valence-corrected chi connectivity index (χ0v) is 13.3. The van der Waals surface area contributed by atoms with E-state index in [0.29, 0.717) is 0 Å². The minimum atomic E-state index is -3.40. The van der Waals surface area contributed by atoms with Crippen LogP contribution in [0.25, 0.3) is 0 Å². The molecule has 0 amide bonds. The van der Waals surface area contributed by atoms with Gasteiger partial charge in [-0.2, -0.15) is 0 Å². The van der Waals surface area contributed by atoms with Gasteiger partial charge in [-0.15, -0.1) is 0 Å². The number of hydrogen-bond acceptors (Lipinski definition) is 5. The van der Waals surface area contributed by atoms with E-state index in [-0.39, 0.29) is 13.2 Å². The van der Waals surface area contributed by atoms with Gasteiger partial charge >= 0.3 is 5.97 Å². The molecule has 0 spiro atoms. The summed E-state index contributed by atoms with van der Waals surface area (Å²) >= 11 is 0. The molecule has 1 aromatic carbocycles. The standard InChI is InChI=1S/C15H21NO4S/c1-4-20-14(17)15(9-16)12(13(15)21(3,18)19)11-7-5-10(2)6-8-11/h5-8,12-13H,4,9,16H2,1-3H3/t12-,13-,15+/m0/s1. The van der Waals surface area contributed by atoms with Crippen LogP contribution in [-0.4, -0.2) is 39.0 Å². The maximum absolute atomic E-state index is 12.3. The molecule has 0 unspecified atom stereocenters. The number of aryl methyl sites for hydroxylation is 1. The topological polar surface area (TPSA) is 86.5 Å². The normalized spacial score (nSPS) is 28.2. The number of rotatable bonds is 5. The average molecular weight is 311 g/mol. The first kappa shape index (κ1) is 16.0. The smallest absolute Gasteiger partial charge is 0.315 e. The van der Waals surface area contributed by atoms with Gasteiger partial charge in [0.2, 0.25) is 0 Å². The van der Waals surface area contributed by atoms with Crippen LogP contribution in [0.5, 0.6) is 0 Å². The molecule has 1 aliphatic rings. The first-order chi connectivity index (χ1) is 9.79. The summed E-state index contributed by atoms with van der Waals surface area (Å²) in [5.41, 5.74) is 6.51. The molecule has 0 aliphatic heterocycles. The largest absolute Gasteiger partial charge is 0.465 e. The third-order valence-corrected chi connectivity index (χ3v) is 5.76. The Bertz CT molecular complexity index is 638. The van der Waals surface area contributed by atoms with Crippen molar-refractivity contribution in [2.24, 2.45) is 11.1 Å². The fourth-order valence-corrected chi connectivity index (χ4v) is 5.03. The number of esters is 1. The molecule has 2 N–H and O–H groups in total. The third kappa shape index (κ3) is 2.58. The highest BCUT2D eigenvalue weighted by Gasteiger charge is 2.74. The summed E-state index contributed by atoms with van der Waals surface area (Å²) in [7, 11) is -3.40. The van der Waals surface area contributed by atoms with Crippen molar-refractivity contribution in [3.05, 3.63) is 35.4 Å². The van der Waals surface area contributed by atoms with Gasteiger partial charge in [-0.3, -0.25) is 4.79 Å². The maximum Gasteiger partial charge on any atom is 0.315 e. The lowest BCUT2D eigenvalue weighted by molar-refractivity contribution is -0.149. The maximum atomic E-state index is 12.3. The average Bonchev–Trinajstić information content (AvgIpc) is 3.10. The van der Waals surface area contributed by atoms with Crippen LogP contribution < -0.4 is 5.73 Å². The predicted molar refractivity (Wildman–Crippen MR) is 80.7 cm³/mol. The van der Waals surface area contributed by atoms with Gasteiger partial charge < -0.3 is 10.5 Å². The van der Waals surface area contributed by atoms with Crippen molar-refractivity contribution < 1.29 is 17.9 Å². The lowest BCUT2D eigenvalue weighted by atomic mass is 9.98. The number of nitrogens with two attached hydrogens (primary N) is 1. The summed E-state index contributed by atoms with van der Waals surface area (Å²) < 4.78 is 29.2. The van der Waals surface area contributed by atoms with E-state index < -0.39 is 32.4 Å². The zero-order chi connectivity index (χ0) is 15.8. The van der Waals surface area contributed by atoms with Crippen LogP contribution in [0.3, 0.4) is 0 Å². The summed E-state index contributed by atoms with van der Waals surface area (Å²) in [6.45, 7) is 3.81. The Labute approximate surface area is 125 Å². The van der Waals surface area contributed by atoms with Crippen molar-refractivity contribution in [3.63, 3.8) is 0 Å². The first-order valence-corrected chi connectivity index (χ1v) is 8.87. The van der Waals surface area contributed by atoms with Crippen LogP contribution in [0.2, 0.25) is 0 Å². The van der Waals surface area contributed by atoms with Gasteiger partial charge in [0, 0.05) is 18.7 Å². The Morgan fingerprint density at radius 1 is 1.33 bits per heavy atom. The number of ether oxygens (including phenoxy) is 1. The summed E-state index contributed by atoms with van der Waals surface area (Å²) in [6, 6.07) is 7.52. The minimum Gasteiger partial charge on any atom is -0.465 e. The van der Waals surface area contributed by atoms with Crippen molar-refractivity contribution in [1.29, 1.82) is 0 Å². The number of carbonyl (C=O) groups excluding carboxylic acids is 1. The molecule has 5 nitrogen and oxygen atoms in total. The van der Waals surface area contributed by atoms with Crippen LogP contribution in [0.4, 0.5) is 0 Å². The second-order valence-electron chi connectivity index (χ2n) is 5.60. The van der Waals surface area contributed by atoms with Crippen molar-refractivity contribution in [3.8, 4) is 0 Å². The fourth-order valence-electron chi connectivity index (χ4n) is 3.11. The zero-order valence-electron chi connectivity index (χ0n) is 12.5. The molecule has 0 heterocycles. The van der Waals surface area contributed by atoms with Crippen LogP contribution in [0.1, 0.15) is 24.0 Å². The summed E-state index contributed by atoms with van der Waals surface area (Å²) in [4.78, 5) is 12.3. The molecule has 2 rings (SSSR count). The summed E-state index contributed by atoms with van der Waals surface area (Å²) in [6.07, 6.45) is 1.15. The van der Waals surface area contributed by atoms with Crippen LogP contribution in [-0.2, 0) is 19.4 Å². The quantitative estimate of drug-likeness (QED) is 0.820. The molecular formula is C15H21NO4S. The highest BCUT2D eigenvalue weighted by atomic mass is 32.2. The SMILES string of the molecule is CCOC(=O)[C@]1(CN)[C@@H](c2ccc(C)cc2)[C@@H]1S(C)(=O)=O. The Hall–Kier alpha value is -1.40. The van der Waals surface area contributed by atoms with E-state index in [1.54, 1.807) is 6.92 Å². The number of hydrogen-bond donors (Lipinski definition) is 1. The molecular weight excluding hydrogens is 290 g/mol. The second kappa shape index (κ2) is 5.42. The predicted octanol–water partition coefficient (Wildman–Crippen LogP) is 1.01. The summed E-state index contributed by atoms with van der Waals surface area (Å²) in [5.74, 6) is -0.953. The van der Waals surface area contributed by atoms with E-state index in [0.717, 1.165) is 17.4 Å². The molecule has 3 atom stereocenters. The van der Waals surface area contributed by atoms with Crippen LogP contribution in [0.15, 0.2) is 24.3 Å². The van der Waals surface area contributed by atoms with Gasteiger partial charge in [-0.1, -0.05) is 29.8 Å². The molecule has 1 fully saturated rings. The highest BCUT2D eigenvalue weighted by molar-refractivity contribution is 7.91. The van der Waals surface area contributed by atoms with Crippen molar-refractivity contribution >= 4 is 15.8 Å². The molecule has 6 heteroatoms. The van der Waals surface area contributed by atoms with E-state index >= 15 is 0 Å². The van der Waals surface area contributed by atoms with Crippen LogP contribution >= 0.6 is 0 Å². The van der Waals surface area contributed by atoms with Crippen molar-refractivity contribution in [2.75, 3.05) is 19.4 Å². The van der Waals surface area contributed by atoms with Gasteiger partial charge in [-0.25, -0.2) is 8.42 Å². The molecule has 1 aliphatic carbocycles. The van der Waals surface area contributed by atoms with E-state index in [2.05, 4.69) is 0 Å². The fraction of sp³-hybridized carbons (Fsp3) is 0.533. The Balaban J connectivity index is 2.47. The van der Waals surface area contributed by atoms with Crippen LogP contribution in [0, 0.1) is 12.3 Å². The minimum absolute atomic E-state index is 0.0396. The lowest BCUT2D eigenvalue weighted by Crippen LogP contribution is -2.33. The van der Waals surface area contributed by atoms with E-state index in [4.69, 9.17) is 10.5 Å². The van der Waals surface area contributed by atoms with E-state index in [9.17, 15) is 13.2 Å². The molecule has 116 valence electrons. The molecule has 0 bridgehead atoms. The van der Waals surface area contributed by atoms with E-state index in [1.807, 2.05) is 31.2 Å². The number of benzene rings is 1. The summed E-state index contributed by atoms with van der Waals surface area (Å²) in [5, 5.41) is -0.809. The van der Waals surface area contributed by atoms with Gasteiger partial charge in [0.25, 0.3) is 0 Å². The molecule has 0 saturated heterocycles. The van der Waals surface area contributed by atoms with Gasteiger partial charge in [-0.05, 0) is 19.4 Å². The molecule has 1 aromatic rings. The molecule has 1 saturated carbocycles. The Morgan fingerprint density at radius 3 is 2.33 bits per heavy atom. The molecule has 0 aromatic heterocycles.